The van der Waals surface area contributed by atoms with Crippen molar-refractivity contribution in [2.24, 2.45) is 5.92 Å². The largest absolute Gasteiger partial charge is 0.508 e. The molecule has 8 heteroatoms. The van der Waals surface area contributed by atoms with Crippen LogP contribution in [0.3, 0.4) is 0 Å². The summed E-state index contributed by atoms with van der Waals surface area (Å²) in [4.78, 5) is 15.3. The second kappa shape index (κ2) is 9.36. The molecule has 2 aromatic carbocycles. The molecule has 32 heavy (non-hydrogen) atoms. The molecule has 2 aliphatic rings. The predicted molar refractivity (Wildman–Crippen MR) is 119 cm³/mol. The van der Waals surface area contributed by atoms with Crippen molar-refractivity contribution in [1.82, 2.24) is 15.8 Å². The quantitative estimate of drug-likeness (QED) is 0.467. The summed E-state index contributed by atoms with van der Waals surface area (Å²) < 4.78 is 11.0. The number of benzene rings is 2. The molecular weight excluding hydrogens is 410 g/mol. The minimum absolute atomic E-state index is 0.00186. The first-order valence-corrected chi connectivity index (χ1v) is 11.0. The lowest BCUT2D eigenvalue weighted by Crippen LogP contribution is -2.41. The molecule has 4 unspecified atom stereocenters. The number of rotatable bonds is 8. The van der Waals surface area contributed by atoms with E-state index in [0.717, 1.165) is 11.1 Å². The van der Waals surface area contributed by atoms with Crippen LogP contribution in [0, 0.1) is 5.92 Å². The number of phenols is 2. The van der Waals surface area contributed by atoms with Gasteiger partial charge in [0.2, 0.25) is 5.91 Å². The zero-order valence-corrected chi connectivity index (χ0v) is 18.6. The summed E-state index contributed by atoms with van der Waals surface area (Å²) in [6, 6.07) is 11.4. The van der Waals surface area contributed by atoms with Gasteiger partial charge in [0, 0.05) is 24.6 Å². The molecule has 0 aromatic heterocycles. The van der Waals surface area contributed by atoms with E-state index in [1.807, 2.05) is 36.9 Å². The van der Waals surface area contributed by atoms with Gasteiger partial charge in [0.25, 0.3) is 0 Å². The average molecular weight is 442 g/mol. The highest BCUT2D eigenvalue weighted by Crippen LogP contribution is 2.49. The van der Waals surface area contributed by atoms with E-state index in [1.165, 1.54) is 7.11 Å². The molecule has 2 fully saturated rings. The van der Waals surface area contributed by atoms with Crippen LogP contribution < -0.4 is 15.6 Å². The maximum Gasteiger partial charge on any atom is 0.242 e. The van der Waals surface area contributed by atoms with Gasteiger partial charge in [-0.15, -0.1) is 0 Å². The molecule has 4 N–H and O–H groups in total. The Labute approximate surface area is 188 Å². The van der Waals surface area contributed by atoms with E-state index in [1.54, 1.807) is 24.3 Å². The van der Waals surface area contributed by atoms with E-state index in [9.17, 15) is 15.0 Å². The van der Waals surface area contributed by atoms with Crippen molar-refractivity contribution in [2.75, 3.05) is 20.3 Å². The second-order valence-electron chi connectivity index (χ2n) is 8.56. The van der Waals surface area contributed by atoms with Crippen LogP contribution >= 0.6 is 0 Å². The van der Waals surface area contributed by atoms with Crippen LogP contribution in [0.25, 0.3) is 0 Å². The number of hydrogen-bond acceptors (Lipinski definition) is 7. The average Bonchev–Trinajstić information content (AvgIpc) is 3.31. The topological polar surface area (TPSA) is 103 Å². The third kappa shape index (κ3) is 4.13. The Hall–Kier alpha value is -2.81. The van der Waals surface area contributed by atoms with E-state index in [2.05, 4.69) is 10.9 Å². The maximum absolute atomic E-state index is 13.4. The van der Waals surface area contributed by atoms with E-state index >= 15 is 0 Å². The molecule has 8 nitrogen and oxygen atoms in total. The lowest BCUT2D eigenvalue weighted by molar-refractivity contribution is -0.131. The number of carbonyl (C=O) groups is 1. The second-order valence-corrected chi connectivity index (χ2v) is 8.56. The number of likely N-dealkylation sites (tertiary alicyclic amines) is 1. The normalized spacial score (nSPS) is 24.9. The Morgan fingerprint density at radius 1 is 1.06 bits per heavy atom. The fourth-order valence-electron chi connectivity index (χ4n) is 4.80. The number of hydrazine groups is 1. The summed E-state index contributed by atoms with van der Waals surface area (Å²) in [6.45, 7) is 5.09. The van der Waals surface area contributed by atoms with Crippen molar-refractivity contribution in [2.45, 2.75) is 44.5 Å². The zero-order valence-electron chi connectivity index (χ0n) is 18.6. The number of nitrogens with zero attached hydrogens (tertiary/aromatic N) is 1. The minimum atomic E-state index is -0.435. The van der Waals surface area contributed by atoms with Crippen molar-refractivity contribution < 1.29 is 24.5 Å². The summed E-state index contributed by atoms with van der Waals surface area (Å²) >= 11 is 0. The maximum atomic E-state index is 13.4. The summed E-state index contributed by atoms with van der Waals surface area (Å²) in [7, 11) is 1.51. The molecule has 1 amide bonds. The highest BCUT2D eigenvalue weighted by molar-refractivity contribution is 5.86. The number of para-hydroxylation sites is 1. The summed E-state index contributed by atoms with van der Waals surface area (Å²) in [5, 5.41) is 20.6. The molecule has 2 aromatic rings. The molecular formula is C24H31N3O5. The zero-order chi connectivity index (χ0) is 22.8. The van der Waals surface area contributed by atoms with Gasteiger partial charge in [-0.25, -0.2) is 10.9 Å². The number of amides is 1. The molecule has 4 rings (SSSR count). The van der Waals surface area contributed by atoms with Crippen LogP contribution in [-0.4, -0.2) is 53.4 Å². The van der Waals surface area contributed by atoms with Crippen molar-refractivity contribution >= 4 is 5.91 Å². The van der Waals surface area contributed by atoms with Crippen LogP contribution in [0.15, 0.2) is 42.5 Å². The van der Waals surface area contributed by atoms with Crippen LogP contribution in [0.2, 0.25) is 0 Å². The molecule has 4 atom stereocenters. The third-order valence-electron chi connectivity index (χ3n) is 6.23. The molecule has 172 valence electrons. The Balaban J connectivity index is 1.70. The number of fused-ring (bicyclic) bond motifs is 1. The highest BCUT2D eigenvalue weighted by atomic mass is 16.5. The number of ether oxygens (including phenoxy) is 2. The van der Waals surface area contributed by atoms with Gasteiger partial charge in [-0.2, -0.15) is 0 Å². The summed E-state index contributed by atoms with van der Waals surface area (Å²) in [5.74, 6) is 0.428. The predicted octanol–water partition coefficient (Wildman–Crippen LogP) is 2.64. The van der Waals surface area contributed by atoms with Gasteiger partial charge in [-0.3, -0.25) is 4.79 Å². The molecule has 2 saturated heterocycles. The van der Waals surface area contributed by atoms with Crippen molar-refractivity contribution in [3.05, 3.63) is 53.6 Å². The van der Waals surface area contributed by atoms with Gasteiger partial charge in [-0.05, 0) is 44.0 Å². The van der Waals surface area contributed by atoms with Crippen molar-refractivity contribution in [3.63, 3.8) is 0 Å². The molecule has 0 bridgehead atoms. The van der Waals surface area contributed by atoms with Crippen LogP contribution in [0.1, 0.15) is 43.5 Å². The number of carbonyl (C=O) groups excluding carboxylic acids is 1. The highest BCUT2D eigenvalue weighted by Gasteiger charge is 2.55. The molecule has 2 aliphatic heterocycles. The van der Waals surface area contributed by atoms with Gasteiger partial charge in [0.1, 0.15) is 11.8 Å². The molecule has 0 aliphatic carbocycles. The van der Waals surface area contributed by atoms with Crippen molar-refractivity contribution in [1.29, 1.82) is 0 Å². The van der Waals surface area contributed by atoms with Crippen LogP contribution in [0.4, 0.5) is 0 Å². The molecule has 2 heterocycles. The fraction of sp³-hybridized carbons (Fsp3) is 0.458. The van der Waals surface area contributed by atoms with Crippen molar-refractivity contribution in [3.8, 4) is 17.2 Å². The lowest BCUT2D eigenvalue weighted by Gasteiger charge is -2.31. The fourth-order valence-corrected chi connectivity index (χ4v) is 4.80. The first-order chi connectivity index (χ1) is 15.4. The van der Waals surface area contributed by atoms with Gasteiger partial charge in [-0.1, -0.05) is 24.3 Å². The molecule has 0 saturated carbocycles. The smallest absolute Gasteiger partial charge is 0.242 e. The third-order valence-corrected chi connectivity index (χ3v) is 6.23. The number of hydrogen-bond donors (Lipinski definition) is 4. The Morgan fingerprint density at radius 2 is 1.81 bits per heavy atom. The van der Waals surface area contributed by atoms with E-state index < -0.39 is 6.04 Å². The standard InChI is InChI=1S/C24H31N3O5/c1-14(2)32-12-6-11-27-23(15-9-10-18(29)19(13-15)31-3)20-21(25-26-22(20)24(27)30)16-7-4-5-8-17(16)28/h4-5,7-10,13-14,20-23,25-26,28-29H,6,11-12H2,1-3H3. The Morgan fingerprint density at radius 3 is 2.53 bits per heavy atom. The van der Waals surface area contributed by atoms with E-state index in [4.69, 9.17) is 9.47 Å². The summed E-state index contributed by atoms with van der Waals surface area (Å²) in [5.41, 5.74) is 7.99. The Kier molecular flexibility index (Phi) is 6.55. The first kappa shape index (κ1) is 22.4. The number of methoxy groups -OCH3 is 1. The summed E-state index contributed by atoms with van der Waals surface area (Å²) in [6.07, 6.45) is 0.848. The molecule has 0 spiro atoms. The van der Waals surface area contributed by atoms with Crippen LogP contribution in [-0.2, 0) is 9.53 Å². The van der Waals surface area contributed by atoms with Crippen LogP contribution in [0.5, 0.6) is 17.2 Å². The number of nitrogens with one attached hydrogen (secondary N) is 2. The monoisotopic (exact) mass is 441 g/mol. The minimum Gasteiger partial charge on any atom is -0.508 e. The van der Waals surface area contributed by atoms with Gasteiger partial charge >= 0.3 is 0 Å². The van der Waals surface area contributed by atoms with Gasteiger partial charge in [0.05, 0.1) is 25.3 Å². The lowest BCUT2D eigenvalue weighted by atomic mass is 9.83. The van der Waals surface area contributed by atoms with Gasteiger partial charge in [0.15, 0.2) is 11.5 Å². The van der Waals surface area contributed by atoms with Gasteiger partial charge < -0.3 is 24.6 Å². The van der Waals surface area contributed by atoms with E-state index in [-0.39, 0.29) is 41.5 Å². The number of aromatic hydroxyl groups is 2. The first-order valence-electron chi connectivity index (χ1n) is 11.0. The number of phenolic OH excluding ortho intramolecular Hbond substituents is 2. The van der Waals surface area contributed by atoms with E-state index in [0.29, 0.717) is 25.3 Å². The SMILES string of the molecule is COc1cc(C2C3C(NNC3c3ccccc3O)C(=O)N2CCCOC(C)C)ccc1O. The molecule has 0 radical (unpaired) electrons. The Bertz CT molecular complexity index is 966.